The lowest BCUT2D eigenvalue weighted by Gasteiger charge is -2.58. The highest BCUT2D eigenvalue weighted by atomic mass is 79.9. The molecule has 1 saturated carbocycles. The molecule has 0 radical (unpaired) electrons. The third-order valence-corrected chi connectivity index (χ3v) is 9.07. The lowest BCUT2D eigenvalue weighted by molar-refractivity contribution is -0.0139. The molecule has 3 aliphatic rings. The van der Waals surface area contributed by atoms with Crippen molar-refractivity contribution in [1.29, 1.82) is 0 Å². The normalized spacial score (nSPS) is 25.3. The molecule has 0 unspecified atom stereocenters. The molecule has 6 heteroatoms. The van der Waals surface area contributed by atoms with Crippen molar-refractivity contribution in [2.24, 2.45) is 5.92 Å². The Kier molecular flexibility index (Phi) is 6.79. The summed E-state index contributed by atoms with van der Waals surface area (Å²) in [6.45, 7) is 3.74. The third kappa shape index (κ3) is 4.08. The lowest BCUT2D eigenvalue weighted by atomic mass is 9.52. The number of unbranched alkanes of at least 4 members (excludes halogenated alkanes) is 1. The van der Waals surface area contributed by atoms with Crippen LogP contribution in [0.25, 0.3) is 0 Å². The van der Waals surface area contributed by atoms with Crippen molar-refractivity contribution in [3.05, 3.63) is 57.6 Å². The first-order valence-electron chi connectivity index (χ1n) is 12.7. The molecule has 182 valence electrons. The number of halogens is 1. The predicted octanol–water partition coefficient (Wildman–Crippen LogP) is 6.73. The average Bonchev–Trinajstić information content (AvgIpc) is 2.86. The fourth-order valence-electron chi connectivity index (χ4n) is 6.54. The summed E-state index contributed by atoms with van der Waals surface area (Å²) in [7, 11) is 0. The van der Waals surface area contributed by atoms with E-state index >= 15 is 0 Å². The Hall–Kier alpha value is -2.21. The van der Waals surface area contributed by atoms with E-state index in [1.54, 1.807) is 0 Å². The Bertz CT molecular complexity index is 1040. The molecule has 3 atom stereocenters. The number of hydrogen-bond acceptors (Lipinski definition) is 4. The highest BCUT2D eigenvalue weighted by Crippen LogP contribution is 2.58. The number of piperidine rings is 1. The molecule has 2 bridgehead atoms. The lowest BCUT2D eigenvalue weighted by Crippen LogP contribution is -2.62. The van der Waals surface area contributed by atoms with E-state index < -0.39 is 0 Å². The van der Waals surface area contributed by atoms with Crippen LogP contribution in [0.4, 0.5) is 4.79 Å². The minimum atomic E-state index is -0.226. The van der Waals surface area contributed by atoms with Crippen LogP contribution in [0.5, 0.6) is 11.5 Å². The Morgan fingerprint density at radius 2 is 2.06 bits per heavy atom. The smallest absolute Gasteiger partial charge is 0.410 e. The summed E-state index contributed by atoms with van der Waals surface area (Å²) in [6, 6.07) is 12.0. The fourth-order valence-corrected chi connectivity index (χ4v) is 7.11. The molecule has 2 aliphatic carbocycles. The average molecular weight is 528 g/mol. The molecule has 1 N–H and O–H groups in total. The second kappa shape index (κ2) is 9.80. The van der Waals surface area contributed by atoms with Gasteiger partial charge in [0.15, 0.2) is 11.5 Å². The Morgan fingerprint density at radius 3 is 2.85 bits per heavy atom. The first-order chi connectivity index (χ1) is 16.5. The van der Waals surface area contributed by atoms with E-state index in [1.807, 2.05) is 35.2 Å². The molecule has 2 fully saturated rings. The van der Waals surface area contributed by atoms with E-state index in [1.165, 1.54) is 18.4 Å². The number of fused-ring (bicyclic) bond motifs is 1. The molecule has 34 heavy (non-hydrogen) atoms. The predicted molar refractivity (Wildman–Crippen MR) is 135 cm³/mol. The Labute approximate surface area is 210 Å². The van der Waals surface area contributed by atoms with Gasteiger partial charge in [-0.25, -0.2) is 4.79 Å². The highest BCUT2D eigenvalue weighted by Gasteiger charge is 2.55. The van der Waals surface area contributed by atoms with Gasteiger partial charge in [-0.1, -0.05) is 56.5 Å². The first kappa shape index (κ1) is 23.5. The highest BCUT2D eigenvalue weighted by molar-refractivity contribution is 9.10. The molecule has 2 aromatic carbocycles. The number of aromatic hydroxyl groups is 1. The molecule has 0 aromatic heterocycles. The number of ether oxygens (including phenoxy) is 2. The summed E-state index contributed by atoms with van der Waals surface area (Å²) in [5.41, 5.74) is 3.48. The van der Waals surface area contributed by atoms with Gasteiger partial charge < -0.3 is 19.5 Å². The number of amides is 1. The van der Waals surface area contributed by atoms with Crippen molar-refractivity contribution < 1.29 is 19.4 Å². The van der Waals surface area contributed by atoms with Crippen LogP contribution < -0.4 is 4.74 Å². The van der Waals surface area contributed by atoms with Gasteiger partial charge in [0.2, 0.25) is 0 Å². The minimum Gasteiger partial charge on any atom is -0.503 e. The van der Waals surface area contributed by atoms with Crippen molar-refractivity contribution in [3.63, 3.8) is 0 Å². The van der Waals surface area contributed by atoms with E-state index in [-0.39, 0.29) is 29.9 Å². The van der Waals surface area contributed by atoms with E-state index in [4.69, 9.17) is 9.47 Å². The number of rotatable bonds is 6. The maximum atomic E-state index is 13.2. The molecular weight excluding hydrogens is 494 g/mol. The van der Waals surface area contributed by atoms with E-state index in [0.717, 1.165) is 54.1 Å². The second-order valence-electron chi connectivity index (χ2n) is 10.0. The molecule has 5 nitrogen and oxygen atoms in total. The number of nitrogens with zero attached hydrogens (tertiary/aromatic N) is 1. The fraction of sp³-hybridized carbons (Fsp3) is 0.536. The van der Waals surface area contributed by atoms with Gasteiger partial charge in [0, 0.05) is 18.0 Å². The van der Waals surface area contributed by atoms with Crippen LogP contribution in [-0.2, 0) is 23.2 Å². The van der Waals surface area contributed by atoms with Gasteiger partial charge in [-0.15, -0.1) is 0 Å². The largest absolute Gasteiger partial charge is 0.503 e. The van der Waals surface area contributed by atoms with Gasteiger partial charge in [-0.05, 0) is 76.7 Å². The van der Waals surface area contributed by atoms with Gasteiger partial charge in [-0.2, -0.15) is 0 Å². The molecular formula is C28H34BrNO4. The molecule has 5 rings (SSSR count). The van der Waals surface area contributed by atoms with Crippen molar-refractivity contribution in [2.75, 3.05) is 13.2 Å². The van der Waals surface area contributed by atoms with Gasteiger partial charge in [0.25, 0.3) is 0 Å². The molecule has 1 amide bonds. The zero-order valence-electron chi connectivity index (χ0n) is 19.9. The number of benzene rings is 2. The monoisotopic (exact) mass is 527 g/mol. The summed E-state index contributed by atoms with van der Waals surface area (Å²) in [5, 5.41) is 10.9. The van der Waals surface area contributed by atoms with Crippen LogP contribution in [0.1, 0.15) is 68.6 Å². The number of phenolic OH excluding ortho intramolecular Hbond substituents is 1. The maximum absolute atomic E-state index is 13.2. The molecule has 1 saturated heterocycles. The van der Waals surface area contributed by atoms with Crippen LogP contribution >= 0.6 is 15.9 Å². The van der Waals surface area contributed by atoms with Crippen molar-refractivity contribution in [2.45, 2.75) is 76.4 Å². The van der Waals surface area contributed by atoms with E-state index in [9.17, 15) is 9.90 Å². The standard InChI is InChI=1S/C28H34BrNO4/c1-2-3-15-33-24-17-22-20(25(29)26(24)31)16-23-21-11-7-8-12-28(21,22)13-14-30(23)27(32)34-18-19-9-5-4-6-10-19/h4-6,9-10,17,21,23,31H,2-3,7-8,11-16,18H2,1H3/t21-,23+,28+/m1/s1. The number of carbonyl (C=O) groups excluding carboxylic acids is 1. The third-order valence-electron chi connectivity index (χ3n) is 8.21. The van der Waals surface area contributed by atoms with Crippen molar-refractivity contribution >= 4 is 22.0 Å². The van der Waals surface area contributed by atoms with Crippen LogP contribution in [0.2, 0.25) is 0 Å². The molecule has 2 aromatic rings. The topological polar surface area (TPSA) is 59.0 Å². The number of hydrogen-bond donors (Lipinski definition) is 1. The zero-order chi connectivity index (χ0) is 23.7. The van der Waals surface area contributed by atoms with Crippen LogP contribution in [-0.4, -0.2) is 35.3 Å². The summed E-state index contributed by atoms with van der Waals surface area (Å²) in [4.78, 5) is 15.2. The molecule has 1 heterocycles. The Morgan fingerprint density at radius 1 is 1.24 bits per heavy atom. The van der Waals surface area contributed by atoms with E-state index in [0.29, 0.717) is 24.8 Å². The Balaban J connectivity index is 1.45. The zero-order valence-corrected chi connectivity index (χ0v) is 21.5. The molecule has 0 spiro atoms. The SMILES string of the molecule is CCCCOc1cc2c(c(Br)c1O)C[C@H]1[C@H]3CCCC[C@@]23CCN1C(=O)OCc1ccccc1. The van der Waals surface area contributed by atoms with Gasteiger partial charge in [0.05, 0.1) is 11.1 Å². The quantitative estimate of drug-likeness (QED) is 0.423. The maximum Gasteiger partial charge on any atom is 0.410 e. The van der Waals surface area contributed by atoms with Crippen LogP contribution in [0.3, 0.4) is 0 Å². The summed E-state index contributed by atoms with van der Waals surface area (Å²) < 4.78 is 12.5. The van der Waals surface area contributed by atoms with Gasteiger partial charge in [-0.3, -0.25) is 0 Å². The summed E-state index contributed by atoms with van der Waals surface area (Å²) in [5.74, 6) is 1.17. The van der Waals surface area contributed by atoms with Crippen LogP contribution in [0, 0.1) is 5.92 Å². The summed E-state index contributed by atoms with van der Waals surface area (Å²) in [6.07, 6.45) is 8.09. The number of phenols is 1. The van der Waals surface area contributed by atoms with Gasteiger partial charge in [0.1, 0.15) is 6.61 Å². The van der Waals surface area contributed by atoms with Crippen LogP contribution in [0.15, 0.2) is 40.9 Å². The summed E-state index contributed by atoms with van der Waals surface area (Å²) >= 11 is 3.70. The number of likely N-dealkylation sites (tertiary alicyclic amines) is 1. The minimum absolute atomic E-state index is 0.0335. The van der Waals surface area contributed by atoms with E-state index in [2.05, 4.69) is 28.9 Å². The van der Waals surface area contributed by atoms with Gasteiger partial charge >= 0.3 is 6.09 Å². The number of carbonyl (C=O) groups is 1. The van der Waals surface area contributed by atoms with Crippen molar-refractivity contribution in [3.8, 4) is 11.5 Å². The van der Waals surface area contributed by atoms with Crippen molar-refractivity contribution in [1.82, 2.24) is 4.90 Å². The second-order valence-corrected chi connectivity index (χ2v) is 10.8. The molecule has 1 aliphatic heterocycles. The first-order valence-corrected chi connectivity index (χ1v) is 13.5.